The Morgan fingerprint density at radius 2 is 1.92 bits per heavy atom. The van der Waals surface area contributed by atoms with E-state index in [1.165, 1.54) is 31.2 Å². The Morgan fingerprint density at radius 3 is 2.64 bits per heavy atom. The van der Waals surface area contributed by atoms with Gasteiger partial charge in [-0.2, -0.15) is 0 Å². The average Bonchev–Trinajstić information content (AvgIpc) is 2.90. The normalized spacial score (nSPS) is 23.3. The van der Waals surface area contributed by atoms with Gasteiger partial charge in [0.2, 0.25) is 5.91 Å². The number of amides is 1. The molecule has 1 aromatic carbocycles. The van der Waals surface area contributed by atoms with Crippen LogP contribution < -0.4 is 10.1 Å². The zero-order valence-corrected chi connectivity index (χ0v) is 15.4. The van der Waals surface area contributed by atoms with Crippen molar-refractivity contribution >= 4 is 15.7 Å². The molecule has 1 aromatic rings. The molecular weight excluding hydrogens is 340 g/mol. The van der Waals surface area contributed by atoms with Gasteiger partial charge in [0.15, 0.2) is 9.84 Å². The number of rotatable bonds is 6. The molecule has 0 saturated carbocycles. The Kier molecular flexibility index (Phi) is 5.64. The van der Waals surface area contributed by atoms with Crippen LogP contribution in [0, 0.1) is 0 Å². The third-order valence-corrected chi connectivity index (χ3v) is 6.06. The van der Waals surface area contributed by atoms with Gasteiger partial charge in [0, 0.05) is 37.8 Å². The monoisotopic (exact) mass is 366 g/mol. The first kappa shape index (κ1) is 18.2. The van der Waals surface area contributed by atoms with Crippen molar-refractivity contribution in [1.29, 1.82) is 0 Å². The molecular formula is C18H26N2O4S. The standard InChI is InChI=1S/C18H26N2O4S/c1-25(22,23)17-8-6-16(7-9-17)24-12-2-3-18(21)20-11-10-14-4-5-15(13-20)19-14/h6-9,14-15,19H,2-5,10-13H2,1H3. The molecule has 138 valence electrons. The van der Waals surface area contributed by atoms with Crippen molar-refractivity contribution in [2.45, 2.75) is 49.1 Å². The molecule has 2 saturated heterocycles. The van der Waals surface area contributed by atoms with Crippen LogP contribution >= 0.6 is 0 Å². The van der Waals surface area contributed by atoms with Crippen LogP contribution in [0.4, 0.5) is 0 Å². The zero-order valence-electron chi connectivity index (χ0n) is 14.6. The van der Waals surface area contributed by atoms with Crippen LogP contribution in [0.3, 0.4) is 0 Å². The van der Waals surface area contributed by atoms with Crippen LogP contribution in [0.5, 0.6) is 5.75 Å². The molecule has 2 atom stereocenters. The first-order valence-electron chi connectivity index (χ1n) is 8.88. The highest BCUT2D eigenvalue weighted by atomic mass is 32.2. The fourth-order valence-electron chi connectivity index (χ4n) is 3.52. The Labute approximate surface area is 149 Å². The number of carbonyl (C=O) groups excluding carboxylic acids is 1. The summed E-state index contributed by atoms with van der Waals surface area (Å²) in [4.78, 5) is 14.6. The predicted octanol–water partition coefficient (Wildman–Crippen LogP) is 1.60. The Bertz CT molecular complexity index is 702. The summed E-state index contributed by atoms with van der Waals surface area (Å²) in [5.41, 5.74) is 0. The maximum Gasteiger partial charge on any atom is 0.222 e. The smallest absolute Gasteiger partial charge is 0.222 e. The van der Waals surface area contributed by atoms with E-state index >= 15 is 0 Å². The van der Waals surface area contributed by atoms with Crippen molar-refractivity contribution in [3.05, 3.63) is 24.3 Å². The summed E-state index contributed by atoms with van der Waals surface area (Å²) in [6.45, 7) is 2.12. The van der Waals surface area contributed by atoms with Gasteiger partial charge in [0.05, 0.1) is 11.5 Å². The van der Waals surface area contributed by atoms with Crippen molar-refractivity contribution in [2.24, 2.45) is 0 Å². The van der Waals surface area contributed by atoms with Crippen LogP contribution in [0.2, 0.25) is 0 Å². The second-order valence-corrected chi connectivity index (χ2v) is 8.98. The van der Waals surface area contributed by atoms with E-state index in [0.717, 1.165) is 19.5 Å². The van der Waals surface area contributed by atoms with Gasteiger partial charge in [-0.25, -0.2) is 8.42 Å². The molecule has 2 bridgehead atoms. The van der Waals surface area contributed by atoms with Crippen LogP contribution in [0.15, 0.2) is 29.2 Å². The number of likely N-dealkylation sites (tertiary alicyclic amines) is 1. The molecule has 1 amide bonds. The molecule has 0 radical (unpaired) electrons. The molecule has 2 fully saturated rings. The van der Waals surface area contributed by atoms with Gasteiger partial charge in [0.1, 0.15) is 5.75 Å². The molecule has 2 heterocycles. The zero-order chi connectivity index (χ0) is 17.9. The molecule has 3 rings (SSSR count). The highest BCUT2D eigenvalue weighted by molar-refractivity contribution is 7.90. The molecule has 6 nitrogen and oxygen atoms in total. The van der Waals surface area contributed by atoms with Gasteiger partial charge in [0.25, 0.3) is 0 Å². The fourth-order valence-corrected chi connectivity index (χ4v) is 4.15. The van der Waals surface area contributed by atoms with E-state index in [1.807, 2.05) is 4.90 Å². The van der Waals surface area contributed by atoms with Crippen LogP contribution in [-0.4, -0.2) is 57.3 Å². The largest absolute Gasteiger partial charge is 0.494 e. The minimum atomic E-state index is -3.19. The summed E-state index contributed by atoms with van der Waals surface area (Å²) in [6, 6.07) is 7.41. The number of nitrogens with zero attached hydrogens (tertiary/aromatic N) is 1. The van der Waals surface area contributed by atoms with E-state index in [2.05, 4.69) is 5.32 Å². The van der Waals surface area contributed by atoms with E-state index in [1.54, 1.807) is 12.1 Å². The summed E-state index contributed by atoms with van der Waals surface area (Å²) < 4.78 is 28.4. The summed E-state index contributed by atoms with van der Waals surface area (Å²) in [5.74, 6) is 0.821. The van der Waals surface area contributed by atoms with Crippen molar-refractivity contribution in [1.82, 2.24) is 10.2 Å². The molecule has 1 N–H and O–H groups in total. The van der Waals surface area contributed by atoms with Gasteiger partial charge in [-0.3, -0.25) is 4.79 Å². The van der Waals surface area contributed by atoms with Crippen LogP contribution in [-0.2, 0) is 14.6 Å². The Hall–Kier alpha value is -1.60. The number of carbonyl (C=O) groups is 1. The number of hydrogen-bond donors (Lipinski definition) is 1. The molecule has 2 aliphatic rings. The van der Waals surface area contributed by atoms with E-state index in [9.17, 15) is 13.2 Å². The minimum absolute atomic E-state index is 0.199. The third kappa shape index (κ3) is 4.95. The average molecular weight is 366 g/mol. The number of hydrogen-bond acceptors (Lipinski definition) is 5. The second-order valence-electron chi connectivity index (χ2n) is 6.96. The summed E-state index contributed by atoms with van der Waals surface area (Å²) >= 11 is 0. The topological polar surface area (TPSA) is 75.7 Å². The minimum Gasteiger partial charge on any atom is -0.494 e. The van der Waals surface area contributed by atoms with Gasteiger partial charge in [-0.05, 0) is 49.9 Å². The summed E-state index contributed by atoms with van der Waals surface area (Å²) in [7, 11) is -3.19. The molecule has 0 spiro atoms. The number of sulfone groups is 1. The summed E-state index contributed by atoms with van der Waals surface area (Å²) in [5, 5.41) is 3.58. The van der Waals surface area contributed by atoms with Gasteiger partial charge in [-0.1, -0.05) is 0 Å². The van der Waals surface area contributed by atoms with Crippen molar-refractivity contribution in [2.75, 3.05) is 26.0 Å². The first-order valence-corrected chi connectivity index (χ1v) is 10.8. The highest BCUT2D eigenvalue weighted by Crippen LogP contribution is 2.21. The molecule has 2 aliphatic heterocycles. The van der Waals surface area contributed by atoms with Crippen molar-refractivity contribution in [3.63, 3.8) is 0 Å². The van der Waals surface area contributed by atoms with E-state index in [0.29, 0.717) is 37.3 Å². The molecule has 25 heavy (non-hydrogen) atoms. The van der Waals surface area contributed by atoms with Gasteiger partial charge < -0.3 is 15.0 Å². The van der Waals surface area contributed by atoms with E-state index < -0.39 is 9.84 Å². The number of fused-ring (bicyclic) bond motifs is 2. The summed E-state index contributed by atoms with van der Waals surface area (Å²) in [6.07, 6.45) is 5.77. The van der Waals surface area contributed by atoms with Gasteiger partial charge in [-0.15, -0.1) is 0 Å². The fraction of sp³-hybridized carbons (Fsp3) is 0.611. The first-order chi connectivity index (χ1) is 11.9. The lowest BCUT2D eigenvalue weighted by Gasteiger charge is -2.24. The molecule has 0 aromatic heterocycles. The highest BCUT2D eigenvalue weighted by Gasteiger charge is 2.30. The number of nitrogens with one attached hydrogen (secondary N) is 1. The Morgan fingerprint density at radius 1 is 1.20 bits per heavy atom. The predicted molar refractivity (Wildman–Crippen MR) is 95.4 cm³/mol. The maximum atomic E-state index is 12.4. The lowest BCUT2D eigenvalue weighted by atomic mass is 10.1. The second kappa shape index (κ2) is 7.74. The van der Waals surface area contributed by atoms with Gasteiger partial charge >= 0.3 is 0 Å². The van der Waals surface area contributed by atoms with E-state index in [4.69, 9.17) is 4.74 Å². The van der Waals surface area contributed by atoms with Crippen LogP contribution in [0.25, 0.3) is 0 Å². The van der Waals surface area contributed by atoms with Crippen molar-refractivity contribution in [3.8, 4) is 5.75 Å². The maximum absolute atomic E-state index is 12.4. The number of benzene rings is 1. The van der Waals surface area contributed by atoms with E-state index in [-0.39, 0.29) is 10.8 Å². The SMILES string of the molecule is CS(=O)(=O)c1ccc(OCCCC(=O)N2CCC3CCC(C2)N3)cc1. The lowest BCUT2D eigenvalue weighted by molar-refractivity contribution is -0.131. The van der Waals surface area contributed by atoms with Crippen molar-refractivity contribution < 1.29 is 17.9 Å². The molecule has 7 heteroatoms. The number of ether oxygens (including phenoxy) is 1. The quantitative estimate of drug-likeness (QED) is 0.774. The Balaban J connectivity index is 1.40. The molecule has 0 aliphatic carbocycles. The van der Waals surface area contributed by atoms with Crippen LogP contribution in [0.1, 0.15) is 32.1 Å². The lowest BCUT2D eigenvalue weighted by Crippen LogP contribution is -2.39. The third-order valence-electron chi connectivity index (χ3n) is 4.93. The molecule has 2 unspecified atom stereocenters.